The molecular formula is C18H13NO3. The first kappa shape index (κ1) is 12.7. The maximum absolute atomic E-state index is 12.1. The average molecular weight is 291 g/mol. The molecule has 0 atom stereocenters. The summed E-state index contributed by atoms with van der Waals surface area (Å²) >= 11 is 0. The molecule has 4 nitrogen and oxygen atoms in total. The first-order chi connectivity index (χ1) is 10.8. The van der Waals surface area contributed by atoms with Crippen molar-refractivity contribution in [1.82, 2.24) is 0 Å². The number of benzene rings is 2. The molecule has 1 aliphatic rings. The van der Waals surface area contributed by atoms with Gasteiger partial charge in [0, 0.05) is 16.6 Å². The van der Waals surface area contributed by atoms with Gasteiger partial charge in [0.2, 0.25) is 0 Å². The fourth-order valence-electron chi connectivity index (χ4n) is 2.71. The lowest BCUT2D eigenvalue weighted by molar-refractivity contribution is -0.110. The van der Waals surface area contributed by atoms with Crippen LogP contribution in [0.1, 0.15) is 11.3 Å². The van der Waals surface area contributed by atoms with Crippen molar-refractivity contribution < 1.29 is 13.9 Å². The van der Waals surface area contributed by atoms with Gasteiger partial charge in [0.05, 0.1) is 12.7 Å². The van der Waals surface area contributed by atoms with Gasteiger partial charge >= 0.3 is 0 Å². The summed E-state index contributed by atoms with van der Waals surface area (Å²) in [6.07, 6.45) is 1.76. The van der Waals surface area contributed by atoms with Gasteiger partial charge in [0.1, 0.15) is 5.76 Å². The van der Waals surface area contributed by atoms with Crippen LogP contribution in [0.4, 0.5) is 5.69 Å². The first-order valence-electron chi connectivity index (χ1n) is 6.95. The molecule has 1 aliphatic heterocycles. The number of methoxy groups -OCH3 is 1. The molecule has 0 saturated carbocycles. The Kier molecular flexibility index (Phi) is 2.76. The van der Waals surface area contributed by atoms with E-state index in [1.165, 1.54) is 0 Å². The summed E-state index contributed by atoms with van der Waals surface area (Å²) in [4.78, 5) is 12.1. The highest BCUT2D eigenvalue weighted by atomic mass is 16.5. The summed E-state index contributed by atoms with van der Waals surface area (Å²) in [5.74, 6) is 1.19. The quantitative estimate of drug-likeness (QED) is 0.728. The van der Waals surface area contributed by atoms with Crippen LogP contribution in [0, 0.1) is 0 Å². The van der Waals surface area contributed by atoms with Crippen LogP contribution < -0.4 is 10.1 Å². The number of nitrogens with one attached hydrogen (secondary N) is 1. The van der Waals surface area contributed by atoms with E-state index in [0.29, 0.717) is 22.7 Å². The molecule has 0 spiro atoms. The summed E-state index contributed by atoms with van der Waals surface area (Å²) < 4.78 is 11.1. The van der Waals surface area contributed by atoms with Crippen LogP contribution in [-0.4, -0.2) is 13.0 Å². The third-order valence-electron chi connectivity index (χ3n) is 3.74. The van der Waals surface area contributed by atoms with Gasteiger partial charge in [-0.25, -0.2) is 0 Å². The maximum atomic E-state index is 12.1. The Bertz CT molecular complexity index is 921. The Morgan fingerprint density at radius 1 is 1.14 bits per heavy atom. The van der Waals surface area contributed by atoms with Crippen molar-refractivity contribution >= 4 is 34.2 Å². The Balaban J connectivity index is 1.85. The first-order valence-corrected chi connectivity index (χ1v) is 6.95. The molecular weight excluding hydrogens is 278 g/mol. The minimum absolute atomic E-state index is 0.117. The van der Waals surface area contributed by atoms with Gasteiger partial charge in [-0.05, 0) is 24.3 Å². The Hall–Kier alpha value is -3.01. The molecule has 1 N–H and O–H groups in total. The molecule has 0 saturated heterocycles. The Labute approximate surface area is 127 Å². The number of carbonyl (C=O) groups excluding carboxylic acids is 1. The highest BCUT2D eigenvalue weighted by Crippen LogP contribution is 2.35. The number of hydrogen-bond donors (Lipinski definition) is 1. The highest BCUT2D eigenvalue weighted by Gasteiger charge is 2.23. The summed E-state index contributed by atoms with van der Waals surface area (Å²) in [6, 6.07) is 15.2. The zero-order valence-corrected chi connectivity index (χ0v) is 11.9. The highest BCUT2D eigenvalue weighted by molar-refractivity contribution is 6.34. The maximum Gasteiger partial charge on any atom is 0.256 e. The molecule has 22 heavy (non-hydrogen) atoms. The van der Waals surface area contributed by atoms with E-state index in [1.807, 2.05) is 48.5 Å². The van der Waals surface area contributed by atoms with E-state index in [2.05, 4.69) is 5.32 Å². The van der Waals surface area contributed by atoms with E-state index in [4.69, 9.17) is 9.15 Å². The van der Waals surface area contributed by atoms with Crippen LogP contribution in [0.15, 0.2) is 52.9 Å². The van der Waals surface area contributed by atoms with Crippen molar-refractivity contribution in [3.05, 3.63) is 59.9 Å². The van der Waals surface area contributed by atoms with Gasteiger partial charge in [-0.15, -0.1) is 0 Å². The number of amides is 1. The summed E-state index contributed by atoms with van der Waals surface area (Å²) in [5.41, 5.74) is 3.00. The lowest BCUT2D eigenvalue weighted by Gasteiger charge is -1.98. The standard InChI is InChI=1S/C18H13NO3/c1-21-16-8-4-5-11-9-12(22-17(11)16)10-14-13-6-2-3-7-15(13)19-18(14)20/h2-10H,1H3,(H,19,20). The van der Waals surface area contributed by atoms with Gasteiger partial charge in [0.15, 0.2) is 11.3 Å². The summed E-state index contributed by atoms with van der Waals surface area (Å²) in [5, 5.41) is 3.79. The van der Waals surface area contributed by atoms with Crippen molar-refractivity contribution in [3.63, 3.8) is 0 Å². The Morgan fingerprint density at radius 3 is 2.86 bits per heavy atom. The van der Waals surface area contributed by atoms with Crippen molar-refractivity contribution in [3.8, 4) is 5.75 Å². The number of rotatable bonds is 2. The Morgan fingerprint density at radius 2 is 2.00 bits per heavy atom. The second-order valence-corrected chi connectivity index (χ2v) is 5.09. The smallest absolute Gasteiger partial charge is 0.256 e. The molecule has 1 aromatic heterocycles. The normalized spacial score (nSPS) is 15.1. The monoisotopic (exact) mass is 291 g/mol. The molecule has 0 bridgehead atoms. The van der Waals surface area contributed by atoms with E-state index >= 15 is 0 Å². The average Bonchev–Trinajstić information content (AvgIpc) is 3.08. The number of para-hydroxylation sites is 2. The van der Waals surface area contributed by atoms with Gasteiger partial charge < -0.3 is 14.5 Å². The van der Waals surface area contributed by atoms with E-state index in [1.54, 1.807) is 13.2 Å². The molecule has 0 radical (unpaired) electrons. The second-order valence-electron chi connectivity index (χ2n) is 5.09. The lowest BCUT2D eigenvalue weighted by Crippen LogP contribution is -2.03. The number of hydrogen-bond acceptors (Lipinski definition) is 3. The molecule has 0 unspecified atom stereocenters. The van der Waals surface area contributed by atoms with Crippen molar-refractivity contribution in [2.24, 2.45) is 0 Å². The van der Waals surface area contributed by atoms with E-state index < -0.39 is 0 Å². The summed E-state index contributed by atoms with van der Waals surface area (Å²) in [6.45, 7) is 0. The van der Waals surface area contributed by atoms with E-state index in [0.717, 1.165) is 16.6 Å². The summed E-state index contributed by atoms with van der Waals surface area (Å²) in [7, 11) is 1.61. The minimum Gasteiger partial charge on any atom is -0.493 e. The predicted octanol–water partition coefficient (Wildman–Crippen LogP) is 3.93. The van der Waals surface area contributed by atoms with Gasteiger partial charge in [-0.1, -0.05) is 30.3 Å². The number of carbonyl (C=O) groups is 1. The van der Waals surface area contributed by atoms with Crippen LogP contribution in [0.2, 0.25) is 0 Å². The number of ether oxygens (including phenoxy) is 1. The minimum atomic E-state index is -0.117. The largest absolute Gasteiger partial charge is 0.493 e. The topological polar surface area (TPSA) is 51.5 Å². The molecule has 1 amide bonds. The SMILES string of the molecule is COc1cccc2cc(C=C3C(=O)Nc4ccccc43)oc12. The van der Waals surface area contributed by atoms with Crippen molar-refractivity contribution in [2.75, 3.05) is 12.4 Å². The fraction of sp³-hybridized carbons (Fsp3) is 0.0556. The van der Waals surface area contributed by atoms with Crippen molar-refractivity contribution in [2.45, 2.75) is 0 Å². The third kappa shape index (κ3) is 1.89. The molecule has 3 aromatic rings. The fourth-order valence-corrected chi connectivity index (χ4v) is 2.71. The van der Waals surface area contributed by atoms with Gasteiger partial charge in [-0.3, -0.25) is 4.79 Å². The predicted molar refractivity (Wildman–Crippen MR) is 85.7 cm³/mol. The number of anilines is 1. The zero-order valence-electron chi connectivity index (χ0n) is 11.9. The molecule has 0 fully saturated rings. The molecule has 4 heteroatoms. The molecule has 4 rings (SSSR count). The number of furan rings is 1. The van der Waals surface area contributed by atoms with Crippen LogP contribution in [0.25, 0.3) is 22.6 Å². The lowest BCUT2D eigenvalue weighted by atomic mass is 10.1. The van der Waals surface area contributed by atoms with E-state index in [9.17, 15) is 4.79 Å². The van der Waals surface area contributed by atoms with E-state index in [-0.39, 0.29) is 5.91 Å². The molecule has 0 aliphatic carbocycles. The number of fused-ring (bicyclic) bond motifs is 2. The van der Waals surface area contributed by atoms with Gasteiger partial charge in [-0.2, -0.15) is 0 Å². The van der Waals surface area contributed by atoms with Gasteiger partial charge in [0.25, 0.3) is 5.91 Å². The molecule has 2 aromatic carbocycles. The van der Waals surface area contributed by atoms with Crippen LogP contribution in [0.3, 0.4) is 0 Å². The third-order valence-corrected chi connectivity index (χ3v) is 3.74. The van der Waals surface area contributed by atoms with Crippen molar-refractivity contribution in [1.29, 1.82) is 0 Å². The van der Waals surface area contributed by atoms with Crippen LogP contribution in [-0.2, 0) is 4.79 Å². The second kappa shape index (κ2) is 4.77. The molecule has 108 valence electrons. The van der Waals surface area contributed by atoms with Crippen LogP contribution >= 0.6 is 0 Å². The van der Waals surface area contributed by atoms with Crippen LogP contribution in [0.5, 0.6) is 5.75 Å². The molecule has 2 heterocycles. The zero-order chi connectivity index (χ0) is 15.1.